The van der Waals surface area contributed by atoms with Crippen molar-refractivity contribution in [2.24, 2.45) is 7.05 Å². The van der Waals surface area contributed by atoms with Gasteiger partial charge in [-0.2, -0.15) is 5.10 Å². The fourth-order valence-electron chi connectivity index (χ4n) is 4.33. The van der Waals surface area contributed by atoms with Crippen LogP contribution in [0.4, 0.5) is 0 Å². The average Bonchev–Trinajstić information content (AvgIpc) is 3.31. The van der Waals surface area contributed by atoms with Crippen LogP contribution in [0.15, 0.2) is 59.3 Å². The van der Waals surface area contributed by atoms with E-state index in [1.165, 1.54) is 0 Å². The first-order valence-electron chi connectivity index (χ1n) is 10.5. The van der Waals surface area contributed by atoms with Crippen LogP contribution in [0, 0.1) is 6.92 Å². The first-order chi connectivity index (χ1) is 15.1. The van der Waals surface area contributed by atoms with Crippen molar-refractivity contribution in [3.63, 3.8) is 0 Å². The minimum atomic E-state index is -0.335. The summed E-state index contributed by atoms with van der Waals surface area (Å²) in [4.78, 5) is 19.7. The molecule has 0 aliphatic carbocycles. The summed E-state index contributed by atoms with van der Waals surface area (Å²) in [5.41, 5.74) is 4.84. The molecule has 158 valence electrons. The number of aromatic nitrogens is 3. The molecule has 0 unspecified atom stereocenters. The topological polar surface area (TPSA) is 76.2 Å². The lowest BCUT2D eigenvalue weighted by atomic mass is 9.95. The smallest absolute Gasteiger partial charge is 0.230 e. The Balaban J connectivity index is 1.37. The highest BCUT2D eigenvalue weighted by Gasteiger charge is 2.33. The Morgan fingerprint density at radius 2 is 2.06 bits per heavy atom. The molecule has 1 aromatic carbocycles. The third-order valence-electron chi connectivity index (χ3n) is 5.90. The number of nitrogens with one attached hydrogen (secondary N) is 1. The van der Waals surface area contributed by atoms with Gasteiger partial charge in [-0.25, -0.2) is 0 Å². The first kappa shape index (κ1) is 19.5. The summed E-state index contributed by atoms with van der Waals surface area (Å²) in [6.07, 6.45) is 3.74. The highest BCUT2D eigenvalue weighted by molar-refractivity contribution is 5.84. The van der Waals surface area contributed by atoms with Crippen LogP contribution in [0.1, 0.15) is 34.2 Å². The Morgan fingerprint density at radius 3 is 2.87 bits per heavy atom. The van der Waals surface area contributed by atoms with Gasteiger partial charge in [-0.1, -0.05) is 24.3 Å². The number of hydrogen-bond acceptors (Lipinski definition) is 5. The lowest BCUT2D eigenvalue weighted by molar-refractivity contribution is -0.123. The number of para-hydroxylation sites is 1. The van der Waals surface area contributed by atoms with Crippen molar-refractivity contribution in [2.45, 2.75) is 32.5 Å². The lowest BCUT2D eigenvalue weighted by Crippen LogP contribution is -2.40. The first-order valence-corrected chi connectivity index (χ1v) is 10.5. The van der Waals surface area contributed by atoms with Gasteiger partial charge in [0, 0.05) is 43.5 Å². The predicted octanol–water partition coefficient (Wildman–Crippen LogP) is 3.29. The summed E-state index contributed by atoms with van der Waals surface area (Å²) in [5.74, 6) is 0.580. The monoisotopic (exact) mass is 415 g/mol. The zero-order valence-corrected chi connectivity index (χ0v) is 17.7. The standard InChI is InChI=1S/C24H25N5O2/c1-16-19-8-3-4-9-21(19)31-22(16)15-29-13-17-12-28(2)27-23(17)20(14-29)24(30)26-11-18-7-5-6-10-25-18/h3-10,12,20H,11,13-15H2,1-2H3,(H,26,30)/t20-/m1/s1. The maximum atomic E-state index is 13.1. The Bertz CT molecular complexity index is 1230. The van der Waals surface area contributed by atoms with Crippen LogP contribution in [0.5, 0.6) is 0 Å². The van der Waals surface area contributed by atoms with Gasteiger partial charge < -0.3 is 9.73 Å². The van der Waals surface area contributed by atoms with E-state index in [2.05, 4.69) is 33.3 Å². The van der Waals surface area contributed by atoms with Gasteiger partial charge in [-0.15, -0.1) is 0 Å². The van der Waals surface area contributed by atoms with Crippen LogP contribution >= 0.6 is 0 Å². The minimum absolute atomic E-state index is 0.0309. The molecule has 1 atom stereocenters. The van der Waals surface area contributed by atoms with E-state index in [1.807, 2.05) is 49.6 Å². The number of carbonyl (C=O) groups is 1. The van der Waals surface area contributed by atoms with E-state index in [-0.39, 0.29) is 11.8 Å². The highest BCUT2D eigenvalue weighted by Crippen LogP contribution is 2.31. The number of pyridine rings is 1. The van der Waals surface area contributed by atoms with Gasteiger partial charge in [0.25, 0.3) is 0 Å². The number of fused-ring (bicyclic) bond motifs is 2. The molecule has 0 saturated heterocycles. The van der Waals surface area contributed by atoms with Gasteiger partial charge in [-0.3, -0.25) is 19.4 Å². The van der Waals surface area contributed by atoms with Crippen LogP contribution in [0.3, 0.4) is 0 Å². The SMILES string of the molecule is Cc1c(CN2Cc3cn(C)nc3[C@H](C(=O)NCc3ccccn3)C2)oc2ccccc12. The summed E-state index contributed by atoms with van der Waals surface area (Å²) in [6, 6.07) is 13.8. The molecule has 7 nitrogen and oxygen atoms in total. The Labute approximate surface area is 180 Å². The van der Waals surface area contributed by atoms with Crippen molar-refractivity contribution in [3.05, 3.63) is 83.1 Å². The molecule has 1 aliphatic rings. The van der Waals surface area contributed by atoms with Crippen LogP contribution < -0.4 is 5.32 Å². The molecule has 1 aliphatic heterocycles. The van der Waals surface area contributed by atoms with Gasteiger partial charge in [0.05, 0.1) is 30.4 Å². The van der Waals surface area contributed by atoms with E-state index >= 15 is 0 Å². The molecule has 0 saturated carbocycles. The van der Waals surface area contributed by atoms with Gasteiger partial charge in [0.1, 0.15) is 11.3 Å². The second-order valence-electron chi connectivity index (χ2n) is 8.12. The molecular weight excluding hydrogens is 390 g/mol. The second-order valence-corrected chi connectivity index (χ2v) is 8.12. The van der Waals surface area contributed by atoms with Crippen molar-refractivity contribution in [3.8, 4) is 0 Å². The quantitative estimate of drug-likeness (QED) is 0.541. The van der Waals surface area contributed by atoms with E-state index in [0.717, 1.165) is 45.8 Å². The van der Waals surface area contributed by atoms with Gasteiger partial charge >= 0.3 is 0 Å². The van der Waals surface area contributed by atoms with Crippen LogP contribution in [-0.2, 0) is 31.5 Å². The number of furan rings is 1. The van der Waals surface area contributed by atoms with E-state index in [0.29, 0.717) is 19.6 Å². The van der Waals surface area contributed by atoms with Gasteiger partial charge in [0.15, 0.2) is 0 Å². The molecule has 0 spiro atoms. The molecule has 31 heavy (non-hydrogen) atoms. The maximum Gasteiger partial charge on any atom is 0.230 e. The molecule has 0 fully saturated rings. The van der Waals surface area contributed by atoms with Crippen molar-refractivity contribution in [1.29, 1.82) is 0 Å². The molecule has 4 aromatic rings. The van der Waals surface area contributed by atoms with Crippen LogP contribution in [-0.4, -0.2) is 32.1 Å². The summed E-state index contributed by atoms with van der Waals surface area (Å²) in [5, 5.41) is 8.77. The largest absolute Gasteiger partial charge is 0.459 e. The van der Waals surface area contributed by atoms with Crippen molar-refractivity contribution in [1.82, 2.24) is 25.0 Å². The number of benzene rings is 1. The van der Waals surface area contributed by atoms with Gasteiger partial charge in [-0.05, 0) is 30.7 Å². The molecule has 0 radical (unpaired) electrons. The predicted molar refractivity (Wildman–Crippen MR) is 117 cm³/mol. The second kappa shape index (κ2) is 8.00. The number of hydrogen-bond donors (Lipinski definition) is 1. The molecule has 3 aromatic heterocycles. The fraction of sp³-hybridized carbons (Fsp3) is 0.292. The minimum Gasteiger partial charge on any atom is -0.459 e. The molecule has 0 bridgehead atoms. The molecular formula is C24H25N5O2. The zero-order valence-electron chi connectivity index (χ0n) is 17.7. The summed E-state index contributed by atoms with van der Waals surface area (Å²) in [7, 11) is 1.90. The van der Waals surface area contributed by atoms with Crippen molar-refractivity contribution < 1.29 is 9.21 Å². The molecule has 1 N–H and O–H groups in total. The Kier molecular flexibility index (Phi) is 5.03. The summed E-state index contributed by atoms with van der Waals surface area (Å²) < 4.78 is 7.92. The fourth-order valence-corrected chi connectivity index (χ4v) is 4.33. The zero-order chi connectivity index (χ0) is 21.4. The normalized spacial score (nSPS) is 16.4. The Hall–Kier alpha value is -3.45. The van der Waals surface area contributed by atoms with Crippen LogP contribution in [0.2, 0.25) is 0 Å². The van der Waals surface area contributed by atoms with E-state index in [9.17, 15) is 4.79 Å². The molecule has 1 amide bonds. The summed E-state index contributed by atoms with van der Waals surface area (Å²) >= 11 is 0. The number of amides is 1. The van der Waals surface area contributed by atoms with E-state index < -0.39 is 0 Å². The Morgan fingerprint density at radius 1 is 1.23 bits per heavy atom. The van der Waals surface area contributed by atoms with Gasteiger partial charge in [0.2, 0.25) is 5.91 Å². The third kappa shape index (κ3) is 3.84. The number of rotatable bonds is 5. The number of nitrogens with zero attached hydrogens (tertiary/aromatic N) is 4. The van der Waals surface area contributed by atoms with E-state index in [1.54, 1.807) is 10.9 Å². The number of carbonyl (C=O) groups excluding carboxylic acids is 1. The van der Waals surface area contributed by atoms with Crippen LogP contribution in [0.25, 0.3) is 11.0 Å². The van der Waals surface area contributed by atoms with Crippen molar-refractivity contribution in [2.75, 3.05) is 6.54 Å². The summed E-state index contributed by atoms with van der Waals surface area (Å²) in [6.45, 7) is 4.48. The highest BCUT2D eigenvalue weighted by atomic mass is 16.3. The number of aryl methyl sites for hydroxylation is 2. The molecule has 5 rings (SSSR count). The lowest BCUT2D eigenvalue weighted by Gasteiger charge is -2.30. The third-order valence-corrected chi connectivity index (χ3v) is 5.90. The van der Waals surface area contributed by atoms with E-state index in [4.69, 9.17) is 4.42 Å². The maximum absolute atomic E-state index is 13.1. The van der Waals surface area contributed by atoms with Crippen molar-refractivity contribution >= 4 is 16.9 Å². The molecule has 7 heteroatoms. The average molecular weight is 415 g/mol. The molecule has 4 heterocycles.